The molecule has 2 rings (SSSR count). The van der Waals surface area contributed by atoms with E-state index in [2.05, 4.69) is 20.6 Å². The molecule has 0 spiro atoms. The second-order valence-corrected chi connectivity index (χ2v) is 9.03. The van der Waals surface area contributed by atoms with Gasteiger partial charge < -0.3 is 27.0 Å². The number of hydrogen-bond acceptors (Lipinski definition) is 6. The molecule has 6 N–H and O–H groups in total. The molecule has 0 radical (unpaired) electrons. The number of aromatic nitrogens is 1. The Balaban J connectivity index is 0.00000612. The SMILES string of the molecule is CC(=O)Nc1nc(CCc2ccc(N=C(N)N)cc2)c(C(=O)NCCCCCC(=O)N(C)C)s1.Cl. The molecule has 12 heteroatoms. The molecule has 2 aromatic rings. The van der Waals surface area contributed by atoms with Crippen LogP contribution in [0.2, 0.25) is 0 Å². The summed E-state index contributed by atoms with van der Waals surface area (Å²) in [6, 6.07) is 7.48. The molecule has 0 saturated heterocycles. The van der Waals surface area contributed by atoms with Crippen LogP contribution in [0, 0.1) is 0 Å². The molecular weight excluding hydrogens is 490 g/mol. The van der Waals surface area contributed by atoms with Crippen molar-refractivity contribution in [2.45, 2.75) is 45.4 Å². The normalized spacial score (nSPS) is 10.1. The number of aryl methyl sites for hydroxylation is 2. The number of thiazole rings is 1. The maximum absolute atomic E-state index is 12.8. The zero-order valence-corrected chi connectivity index (χ0v) is 21.9. The lowest BCUT2D eigenvalue weighted by atomic mass is 10.1. The lowest BCUT2D eigenvalue weighted by Gasteiger charge is -2.09. The van der Waals surface area contributed by atoms with Gasteiger partial charge in [0.25, 0.3) is 5.91 Å². The van der Waals surface area contributed by atoms with Gasteiger partial charge in [0.2, 0.25) is 11.8 Å². The third-order valence-electron chi connectivity index (χ3n) is 4.88. The van der Waals surface area contributed by atoms with Crippen molar-refractivity contribution in [1.82, 2.24) is 15.2 Å². The molecule has 0 aliphatic carbocycles. The summed E-state index contributed by atoms with van der Waals surface area (Å²) in [4.78, 5) is 46.4. The second-order valence-electron chi connectivity index (χ2n) is 8.03. The maximum Gasteiger partial charge on any atom is 0.263 e. The van der Waals surface area contributed by atoms with Crippen LogP contribution in [0.25, 0.3) is 0 Å². The number of benzene rings is 1. The number of carbonyl (C=O) groups is 3. The summed E-state index contributed by atoms with van der Waals surface area (Å²) >= 11 is 1.16. The zero-order valence-electron chi connectivity index (χ0n) is 20.3. The van der Waals surface area contributed by atoms with Crippen LogP contribution in [0.4, 0.5) is 10.8 Å². The largest absolute Gasteiger partial charge is 0.370 e. The minimum Gasteiger partial charge on any atom is -0.370 e. The summed E-state index contributed by atoms with van der Waals surface area (Å²) in [6.07, 6.45) is 4.11. The van der Waals surface area contributed by atoms with E-state index in [0.717, 1.165) is 36.2 Å². The Morgan fingerprint density at radius 1 is 1.06 bits per heavy atom. The zero-order chi connectivity index (χ0) is 25.1. The molecule has 1 aromatic carbocycles. The number of unbranched alkanes of at least 4 members (excludes halogenated alkanes) is 2. The number of rotatable bonds is 12. The van der Waals surface area contributed by atoms with Crippen molar-refractivity contribution in [2.75, 3.05) is 26.0 Å². The molecule has 0 aliphatic heterocycles. The van der Waals surface area contributed by atoms with Crippen LogP contribution in [-0.4, -0.2) is 54.2 Å². The molecule has 1 heterocycles. The highest BCUT2D eigenvalue weighted by Gasteiger charge is 2.18. The quantitative estimate of drug-likeness (QED) is 0.190. The fourth-order valence-electron chi connectivity index (χ4n) is 3.14. The Morgan fingerprint density at radius 3 is 2.34 bits per heavy atom. The van der Waals surface area contributed by atoms with Gasteiger partial charge in [-0.05, 0) is 43.4 Å². The van der Waals surface area contributed by atoms with Crippen molar-refractivity contribution in [3.8, 4) is 0 Å². The predicted molar refractivity (Wildman–Crippen MR) is 142 cm³/mol. The van der Waals surface area contributed by atoms with Crippen LogP contribution in [0.3, 0.4) is 0 Å². The van der Waals surface area contributed by atoms with Gasteiger partial charge in [-0.3, -0.25) is 14.4 Å². The van der Waals surface area contributed by atoms with E-state index in [0.29, 0.717) is 47.2 Å². The summed E-state index contributed by atoms with van der Waals surface area (Å²) in [5.74, 6) is -0.348. The van der Waals surface area contributed by atoms with E-state index in [9.17, 15) is 14.4 Å². The minimum absolute atomic E-state index is 0. The van der Waals surface area contributed by atoms with Crippen molar-refractivity contribution in [1.29, 1.82) is 0 Å². The number of guanidine groups is 1. The maximum atomic E-state index is 12.8. The average Bonchev–Trinajstić information content (AvgIpc) is 3.16. The number of aliphatic imine (C=N–C) groups is 1. The fraction of sp³-hybridized carbons (Fsp3) is 0.435. The summed E-state index contributed by atoms with van der Waals surface area (Å²) in [7, 11) is 3.48. The Hall–Kier alpha value is -3.18. The Morgan fingerprint density at radius 2 is 1.74 bits per heavy atom. The highest BCUT2D eigenvalue weighted by atomic mass is 35.5. The number of anilines is 1. The molecular formula is C23H34ClN7O3S. The predicted octanol–water partition coefficient (Wildman–Crippen LogP) is 2.59. The number of hydrogen-bond donors (Lipinski definition) is 4. The third kappa shape index (κ3) is 10.7. The van der Waals surface area contributed by atoms with Crippen LogP contribution in [0.15, 0.2) is 29.3 Å². The highest BCUT2D eigenvalue weighted by molar-refractivity contribution is 7.17. The van der Waals surface area contributed by atoms with Gasteiger partial charge in [-0.15, -0.1) is 12.4 Å². The molecule has 3 amide bonds. The molecule has 0 atom stereocenters. The summed E-state index contributed by atoms with van der Waals surface area (Å²) < 4.78 is 0. The molecule has 0 fully saturated rings. The fourth-order valence-corrected chi connectivity index (χ4v) is 4.11. The molecule has 1 aromatic heterocycles. The standard InChI is InChI=1S/C23H33N7O3S.ClH/c1-15(31)27-23-29-18(13-10-16-8-11-17(12-9-16)28-22(24)25)20(34-23)21(33)26-14-6-4-5-7-19(32)30(2)3;/h8-9,11-12H,4-7,10,13-14H2,1-3H3,(H,26,33)(H4,24,25,28)(H,27,29,31);1H. The first-order valence-corrected chi connectivity index (χ1v) is 11.9. The number of nitrogens with one attached hydrogen (secondary N) is 2. The van der Waals surface area contributed by atoms with E-state index in [1.165, 1.54) is 6.92 Å². The highest BCUT2D eigenvalue weighted by Crippen LogP contribution is 2.25. The topological polar surface area (TPSA) is 156 Å². The van der Waals surface area contributed by atoms with Crippen LogP contribution >= 0.6 is 23.7 Å². The van der Waals surface area contributed by atoms with Gasteiger partial charge in [-0.1, -0.05) is 29.9 Å². The van der Waals surface area contributed by atoms with Crippen molar-refractivity contribution < 1.29 is 14.4 Å². The monoisotopic (exact) mass is 523 g/mol. The molecule has 35 heavy (non-hydrogen) atoms. The lowest BCUT2D eigenvalue weighted by molar-refractivity contribution is -0.128. The van der Waals surface area contributed by atoms with Crippen LogP contribution in [0.1, 0.15) is 53.5 Å². The van der Waals surface area contributed by atoms with E-state index in [4.69, 9.17) is 11.5 Å². The van der Waals surface area contributed by atoms with Crippen molar-refractivity contribution in [2.24, 2.45) is 16.5 Å². The van der Waals surface area contributed by atoms with Gasteiger partial charge in [-0.2, -0.15) is 0 Å². The second kappa shape index (κ2) is 14.9. The van der Waals surface area contributed by atoms with Crippen LogP contribution in [0.5, 0.6) is 0 Å². The van der Waals surface area contributed by atoms with Crippen molar-refractivity contribution >= 4 is 58.2 Å². The lowest BCUT2D eigenvalue weighted by Crippen LogP contribution is -2.25. The molecule has 0 saturated carbocycles. The molecule has 0 bridgehead atoms. The molecule has 0 aliphatic rings. The number of nitrogens with zero attached hydrogens (tertiary/aromatic N) is 3. The molecule has 0 unspecified atom stereocenters. The average molecular weight is 524 g/mol. The summed E-state index contributed by atoms with van der Waals surface area (Å²) in [5.41, 5.74) is 13.1. The van der Waals surface area contributed by atoms with E-state index in [-0.39, 0.29) is 36.1 Å². The third-order valence-corrected chi connectivity index (χ3v) is 5.90. The van der Waals surface area contributed by atoms with Crippen molar-refractivity contribution in [3.63, 3.8) is 0 Å². The van der Waals surface area contributed by atoms with Gasteiger partial charge in [0.1, 0.15) is 4.88 Å². The minimum atomic E-state index is -0.241. The van der Waals surface area contributed by atoms with Crippen LogP contribution in [-0.2, 0) is 22.4 Å². The van der Waals surface area contributed by atoms with E-state index in [1.807, 2.05) is 24.3 Å². The smallest absolute Gasteiger partial charge is 0.263 e. The Bertz CT molecular complexity index is 1020. The molecule has 10 nitrogen and oxygen atoms in total. The first-order chi connectivity index (χ1) is 16.2. The van der Waals surface area contributed by atoms with Gasteiger partial charge >= 0.3 is 0 Å². The number of halogens is 1. The Labute approximate surface area is 216 Å². The van der Waals surface area contributed by atoms with E-state index in [1.54, 1.807) is 19.0 Å². The Kier molecular flexibility index (Phi) is 12.7. The summed E-state index contributed by atoms with van der Waals surface area (Å²) in [5, 5.41) is 5.99. The van der Waals surface area contributed by atoms with Crippen molar-refractivity contribution in [3.05, 3.63) is 40.4 Å². The first kappa shape index (κ1) is 29.9. The summed E-state index contributed by atoms with van der Waals surface area (Å²) in [6.45, 7) is 1.91. The number of carbonyl (C=O) groups excluding carboxylic acids is 3. The van der Waals surface area contributed by atoms with Gasteiger partial charge in [-0.25, -0.2) is 9.98 Å². The van der Waals surface area contributed by atoms with E-state index >= 15 is 0 Å². The van der Waals surface area contributed by atoms with Gasteiger partial charge in [0, 0.05) is 34.0 Å². The molecule has 192 valence electrons. The number of amides is 3. The van der Waals surface area contributed by atoms with Crippen LogP contribution < -0.4 is 22.1 Å². The first-order valence-electron chi connectivity index (χ1n) is 11.1. The van der Waals surface area contributed by atoms with Gasteiger partial charge in [0.15, 0.2) is 11.1 Å². The number of nitrogens with two attached hydrogens (primary N) is 2. The van der Waals surface area contributed by atoms with E-state index < -0.39 is 0 Å². The van der Waals surface area contributed by atoms with Gasteiger partial charge in [0.05, 0.1) is 11.4 Å².